The van der Waals surface area contributed by atoms with E-state index in [1.54, 1.807) is 0 Å². The zero-order chi connectivity index (χ0) is 16.4. The van der Waals surface area contributed by atoms with Gasteiger partial charge in [-0.3, -0.25) is 4.90 Å². The number of rotatable bonds is 5. The van der Waals surface area contributed by atoms with Crippen molar-refractivity contribution in [3.05, 3.63) is 41.6 Å². The molecular formula is C20H27N3O. The van der Waals surface area contributed by atoms with Gasteiger partial charge in [0, 0.05) is 48.5 Å². The second kappa shape index (κ2) is 6.99. The van der Waals surface area contributed by atoms with Crippen molar-refractivity contribution < 1.29 is 4.74 Å². The third-order valence-corrected chi connectivity index (χ3v) is 5.32. The van der Waals surface area contributed by atoms with E-state index in [4.69, 9.17) is 4.74 Å². The van der Waals surface area contributed by atoms with Crippen LogP contribution in [0.15, 0.2) is 24.8 Å². The maximum Gasteiger partial charge on any atom is 0.0594 e. The first-order chi connectivity index (χ1) is 11.8. The Morgan fingerprint density at radius 3 is 2.92 bits per heavy atom. The maximum absolute atomic E-state index is 5.39. The van der Waals surface area contributed by atoms with Crippen molar-refractivity contribution in [1.29, 1.82) is 0 Å². The molecule has 1 aliphatic carbocycles. The number of morpholine rings is 1. The van der Waals surface area contributed by atoms with Gasteiger partial charge in [-0.05, 0) is 48.9 Å². The van der Waals surface area contributed by atoms with Crippen molar-refractivity contribution in [1.82, 2.24) is 15.2 Å². The highest BCUT2D eigenvalue weighted by Crippen LogP contribution is 2.30. The molecule has 0 atom stereocenters. The quantitative estimate of drug-likeness (QED) is 0.888. The lowest BCUT2D eigenvalue weighted by Crippen LogP contribution is -2.40. The van der Waals surface area contributed by atoms with E-state index >= 15 is 0 Å². The van der Waals surface area contributed by atoms with Crippen LogP contribution in [-0.4, -0.2) is 49.3 Å². The number of ether oxygens (including phenoxy) is 1. The molecule has 0 radical (unpaired) electrons. The summed E-state index contributed by atoms with van der Waals surface area (Å²) in [6, 6.07) is 6.69. The average Bonchev–Trinajstić information content (AvgIpc) is 3.00. The Morgan fingerprint density at radius 1 is 1.21 bits per heavy atom. The SMILES string of the molecule is C=C(NCCN1CCOCC1)c1ccc2[nH]c3c(c2c1)CCCC3. The van der Waals surface area contributed by atoms with E-state index < -0.39 is 0 Å². The first-order valence-corrected chi connectivity index (χ1v) is 9.18. The fraction of sp³-hybridized carbons (Fsp3) is 0.500. The van der Waals surface area contributed by atoms with Crippen molar-refractivity contribution in [2.75, 3.05) is 39.4 Å². The van der Waals surface area contributed by atoms with Gasteiger partial charge in [-0.15, -0.1) is 0 Å². The van der Waals surface area contributed by atoms with Gasteiger partial charge in [-0.1, -0.05) is 12.6 Å². The van der Waals surface area contributed by atoms with Gasteiger partial charge in [0.2, 0.25) is 0 Å². The van der Waals surface area contributed by atoms with Crippen molar-refractivity contribution in [3.8, 4) is 0 Å². The fourth-order valence-corrected chi connectivity index (χ4v) is 3.89. The normalized spacial score (nSPS) is 18.5. The number of aryl methyl sites for hydroxylation is 2. The summed E-state index contributed by atoms with van der Waals surface area (Å²) >= 11 is 0. The molecule has 24 heavy (non-hydrogen) atoms. The molecule has 2 aromatic rings. The molecular weight excluding hydrogens is 298 g/mol. The fourth-order valence-electron chi connectivity index (χ4n) is 3.89. The molecule has 0 bridgehead atoms. The zero-order valence-electron chi connectivity index (χ0n) is 14.4. The minimum absolute atomic E-state index is 0.857. The van der Waals surface area contributed by atoms with Gasteiger partial charge in [0.1, 0.15) is 0 Å². The Balaban J connectivity index is 1.42. The van der Waals surface area contributed by atoms with Gasteiger partial charge in [0.25, 0.3) is 0 Å². The van der Waals surface area contributed by atoms with Gasteiger partial charge in [0.15, 0.2) is 0 Å². The van der Waals surface area contributed by atoms with Crippen molar-refractivity contribution in [3.63, 3.8) is 0 Å². The average molecular weight is 325 g/mol. The first-order valence-electron chi connectivity index (χ1n) is 9.18. The van der Waals surface area contributed by atoms with Crippen LogP contribution in [0.25, 0.3) is 16.6 Å². The summed E-state index contributed by atoms with van der Waals surface area (Å²) in [4.78, 5) is 6.04. The molecule has 2 N–H and O–H groups in total. The van der Waals surface area contributed by atoms with Gasteiger partial charge in [-0.2, -0.15) is 0 Å². The molecule has 1 saturated heterocycles. The van der Waals surface area contributed by atoms with Crippen LogP contribution in [0.4, 0.5) is 0 Å². The molecule has 4 rings (SSSR count). The molecule has 4 nitrogen and oxygen atoms in total. The molecule has 4 heteroatoms. The number of nitrogens with one attached hydrogen (secondary N) is 2. The van der Waals surface area contributed by atoms with Crippen LogP contribution in [0, 0.1) is 0 Å². The highest BCUT2D eigenvalue weighted by atomic mass is 16.5. The predicted molar refractivity (Wildman–Crippen MR) is 99.2 cm³/mol. The molecule has 2 heterocycles. The van der Waals surface area contributed by atoms with Crippen LogP contribution in [0.5, 0.6) is 0 Å². The second-order valence-electron chi connectivity index (χ2n) is 6.91. The van der Waals surface area contributed by atoms with E-state index in [1.807, 2.05) is 0 Å². The van der Waals surface area contributed by atoms with E-state index in [0.717, 1.165) is 45.1 Å². The van der Waals surface area contributed by atoms with Crippen LogP contribution in [0.1, 0.15) is 29.7 Å². The summed E-state index contributed by atoms with van der Waals surface area (Å²) in [5, 5.41) is 4.88. The highest BCUT2D eigenvalue weighted by molar-refractivity contribution is 5.88. The number of benzene rings is 1. The Hall–Kier alpha value is -1.78. The molecule has 0 amide bonds. The Labute approximate surface area is 143 Å². The predicted octanol–water partition coefficient (Wildman–Crippen LogP) is 2.94. The molecule has 1 fully saturated rings. The number of fused-ring (bicyclic) bond motifs is 3. The lowest BCUT2D eigenvalue weighted by atomic mass is 9.95. The minimum atomic E-state index is 0.857. The number of H-pyrrole nitrogens is 1. The lowest BCUT2D eigenvalue weighted by molar-refractivity contribution is 0.0388. The molecule has 128 valence electrons. The van der Waals surface area contributed by atoms with E-state index in [9.17, 15) is 0 Å². The number of aromatic amines is 1. The minimum Gasteiger partial charge on any atom is -0.384 e. The Morgan fingerprint density at radius 2 is 2.04 bits per heavy atom. The summed E-state index contributed by atoms with van der Waals surface area (Å²) in [5.74, 6) is 0. The maximum atomic E-state index is 5.39. The van der Waals surface area contributed by atoms with Gasteiger partial charge in [-0.25, -0.2) is 0 Å². The smallest absolute Gasteiger partial charge is 0.0594 e. The van der Waals surface area contributed by atoms with Crippen LogP contribution < -0.4 is 5.32 Å². The summed E-state index contributed by atoms with van der Waals surface area (Å²) in [5.41, 5.74) is 6.47. The van der Waals surface area contributed by atoms with Crippen molar-refractivity contribution in [2.45, 2.75) is 25.7 Å². The zero-order valence-corrected chi connectivity index (χ0v) is 14.4. The third-order valence-electron chi connectivity index (χ3n) is 5.32. The molecule has 0 unspecified atom stereocenters. The third kappa shape index (κ3) is 3.21. The summed E-state index contributed by atoms with van der Waals surface area (Å²) in [6.45, 7) is 10.0. The van der Waals surface area contributed by atoms with Crippen LogP contribution >= 0.6 is 0 Å². The van der Waals surface area contributed by atoms with E-state index in [2.05, 4.69) is 40.0 Å². The number of aromatic nitrogens is 1. The first kappa shape index (κ1) is 15.7. The Bertz CT molecular complexity index is 728. The molecule has 1 aromatic carbocycles. The molecule has 0 saturated carbocycles. The van der Waals surface area contributed by atoms with Crippen LogP contribution in [0.3, 0.4) is 0 Å². The summed E-state index contributed by atoms with van der Waals surface area (Å²) < 4.78 is 5.39. The standard InChI is InChI=1S/C20H27N3O/c1-15(21-8-9-23-10-12-24-13-11-23)16-6-7-20-18(14-16)17-4-2-3-5-19(17)22-20/h6-7,14,21-22H,1-5,8-13H2. The van der Waals surface area contributed by atoms with Crippen molar-refractivity contribution in [2.24, 2.45) is 0 Å². The molecule has 1 aromatic heterocycles. The highest BCUT2D eigenvalue weighted by Gasteiger charge is 2.16. The van der Waals surface area contributed by atoms with E-state index in [-0.39, 0.29) is 0 Å². The Kier molecular flexibility index (Phi) is 4.58. The van der Waals surface area contributed by atoms with E-state index in [1.165, 1.54) is 53.4 Å². The van der Waals surface area contributed by atoms with Gasteiger partial charge in [0.05, 0.1) is 13.2 Å². The number of hydrogen-bond acceptors (Lipinski definition) is 3. The second-order valence-corrected chi connectivity index (χ2v) is 6.91. The van der Waals surface area contributed by atoms with E-state index in [0.29, 0.717) is 0 Å². The number of hydrogen-bond donors (Lipinski definition) is 2. The van der Waals surface area contributed by atoms with Crippen molar-refractivity contribution >= 4 is 16.6 Å². The number of nitrogens with zero attached hydrogens (tertiary/aromatic N) is 1. The van der Waals surface area contributed by atoms with Gasteiger partial charge < -0.3 is 15.0 Å². The van der Waals surface area contributed by atoms with Gasteiger partial charge >= 0.3 is 0 Å². The summed E-state index contributed by atoms with van der Waals surface area (Å²) in [7, 11) is 0. The molecule has 0 spiro atoms. The monoisotopic (exact) mass is 325 g/mol. The topological polar surface area (TPSA) is 40.3 Å². The molecule has 1 aliphatic heterocycles. The largest absolute Gasteiger partial charge is 0.384 e. The summed E-state index contributed by atoms with van der Waals surface area (Å²) in [6.07, 6.45) is 5.01. The molecule has 2 aliphatic rings. The van der Waals surface area contributed by atoms with Crippen LogP contribution in [-0.2, 0) is 17.6 Å². The van der Waals surface area contributed by atoms with Crippen LogP contribution in [0.2, 0.25) is 0 Å². The lowest BCUT2D eigenvalue weighted by Gasteiger charge is -2.26.